The molecule has 1 aliphatic rings. The Kier molecular flexibility index (Phi) is 9.10. The van der Waals surface area contributed by atoms with Gasteiger partial charge in [0, 0.05) is 25.4 Å². The molecule has 2 aromatic rings. The first-order chi connectivity index (χ1) is 16.8. The van der Waals surface area contributed by atoms with Crippen LogP contribution in [0.25, 0.3) is 0 Å². The van der Waals surface area contributed by atoms with Gasteiger partial charge in [-0.25, -0.2) is 13.2 Å². The zero-order valence-corrected chi connectivity index (χ0v) is 20.3. The third-order valence-corrected chi connectivity index (χ3v) is 7.42. The third kappa shape index (κ3) is 6.73. The van der Waals surface area contributed by atoms with Crippen LogP contribution in [-0.4, -0.2) is 75.7 Å². The van der Waals surface area contributed by atoms with Gasteiger partial charge in [0.25, 0.3) is 0 Å². The summed E-state index contributed by atoms with van der Waals surface area (Å²) in [5.41, 5.74) is 0.866. The van der Waals surface area contributed by atoms with Crippen LogP contribution in [0, 0.1) is 0 Å². The number of carbonyl (C=O) groups is 1. The first-order valence-corrected chi connectivity index (χ1v) is 12.3. The number of benzene rings is 2. The zero-order chi connectivity index (χ0) is 25.4. The number of nitrogens with zero attached hydrogens (tertiary/aromatic N) is 1. The predicted molar refractivity (Wildman–Crippen MR) is 126 cm³/mol. The van der Waals surface area contributed by atoms with Gasteiger partial charge in [0.15, 0.2) is 0 Å². The van der Waals surface area contributed by atoms with Crippen LogP contribution < -0.4 is 9.47 Å². The molecule has 0 spiro atoms. The van der Waals surface area contributed by atoms with Crippen molar-refractivity contribution in [2.24, 2.45) is 0 Å². The maximum Gasteiger partial charge on any atom is 0.370 e. The Morgan fingerprint density at radius 3 is 2.17 bits per heavy atom. The van der Waals surface area contributed by atoms with Gasteiger partial charge in [0.05, 0.1) is 32.3 Å². The van der Waals surface area contributed by atoms with E-state index in [0.717, 1.165) is 9.87 Å². The first kappa shape index (κ1) is 26.5. The van der Waals surface area contributed by atoms with E-state index in [1.54, 1.807) is 19.2 Å². The molecule has 35 heavy (non-hydrogen) atoms. The summed E-state index contributed by atoms with van der Waals surface area (Å²) in [6.07, 6.45) is 0.975. The number of ether oxygens (including phenoxy) is 4. The largest absolute Gasteiger partial charge is 0.497 e. The number of allylic oxidation sites excluding steroid dienone is 1. The fraction of sp³-hybridized carbons (Fsp3) is 0.375. The number of aliphatic hydroxyl groups excluding tert-OH is 1. The van der Waals surface area contributed by atoms with Crippen molar-refractivity contribution >= 4 is 16.0 Å². The lowest BCUT2D eigenvalue weighted by molar-refractivity contribution is -0.157. The summed E-state index contributed by atoms with van der Waals surface area (Å²) in [4.78, 5) is 11.6. The Morgan fingerprint density at radius 1 is 1.03 bits per heavy atom. The van der Waals surface area contributed by atoms with Gasteiger partial charge in [0.2, 0.25) is 22.1 Å². The monoisotopic (exact) mass is 507 g/mol. The highest BCUT2D eigenvalue weighted by Gasteiger charge is 2.30. The van der Waals surface area contributed by atoms with Gasteiger partial charge in [-0.1, -0.05) is 12.1 Å². The van der Waals surface area contributed by atoms with E-state index in [1.807, 2.05) is 12.1 Å². The molecule has 0 bridgehead atoms. The number of hydrogen-bond donors (Lipinski definition) is 2. The third-order valence-electron chi connectivity index (χ3n) is 5.50. The molecule has 190 valence electrons. The Bertz CT molecular complexity index is 1110. The van der Waals surface area contributed by atoms with Crippen LogP contribution in [0.5, 0.6) is 11.5 Å². The minimum atomic E-state index is -3.90. The Balaban J connectivity index is 1.68. The van der Waals surface area contributed by atoms with Gasteiger partial charge in [-0.05, 0) is 48.0 Å². The average molecular weight is 508 g/mol. The molecule has 0 aromatic heterocycles. The quantitative estimate of drug-likeness (QED) is 0.444. The predicted octanol–water partition coefficient (Wildman–Crippen LogP) is 2.20. The van der Waals surface area contributed by atoms with Crippen LogP contribution in [0.15, 0.2) is 65.3 Å². The summed E-state index contributed by atoms with van der Waals surface area (Å²) < 4.78 is 48.6. The maximum atomic E-state index is 13.0. The number of carboxylic acids is 1. The highest BCUT2D eigenvalue weighted by atomic mass is 32.2. The molecular weight excluding hydrogens is 478 g/mol. The highest BCUT2D eigenvalue weighted by molar-refractivity contribution is 7.89. The normalized spacial score (nSPS) is 18.0. The lowest BCUT2D eigenvalue weighted by Gasteiger charge is -2.29. The molecule has 2 aromatic carbocycles. The number of carboxylic acid groups (broad SMARTS) is 1. The van der Waals surface area contributed by atoms with Crippen molar-refractivity contribution in [1.82, 2.24) is 4.31 Å². The molecule has 0 unspecified atom stereocenters. The van der Waals surface area contributed by atoms with Gasteiger partial charge in [-0.2, -0.15) is 4.31 Å². The first-order valence-electron chi connectivity index (χ1n) is 10.9. The summed E-state index contributed by atoms with van der Waals surface area (Å²) in [5, 5.41) is 18.9. The second-order valence-electron chi connectivity index (χ2n) is 7.67. The van der Waals surface area contributed by atoms with Crippen molar-refractivity contribution in [1.29, 1.82) is 0 Å². The molecule has 1 aliphatic heterocycles. The standard InChI is InChI=1S/C24H29NO9S/c1-31-19-5-3-17(4-6-19)18-15-22(24(27)28)34-23(16-18)33-14-12-25(11-13-26)35(29,30)21-9-7-20(32-2)8-10-21/h3-10,15,18,23,26H,11-14,16H2,1-2H3,(H,27,28)/t18-,23+/m0/s1. The minimum Gasteiger partial charge on any atom is -0.497 e. The van der Waals surface area contributed by atoms with Crippen molar-refractivity contribution < 1.29 is 42.4 Å². The molecule has 3 rings (SSSR count). The summed E-state index contributed by atoms with van der Waals surface area (Å²) in [7, 11) is -0.853. The van der Waals surface area contributed by atoms with Gasteiger partial charge in [-0.15, -0.1) is 0 Å². The zero-order valence-electron chi connectivity index (χ0n) is 19.5. The Hall–Kier alpha value is -3.12. The number of aliphatic carboxylic acids is 1. The molecule has 0 radical (unpaired) electrons. The van der Waals surface area contributed by atoms with Crippen LogP contribution in [0.4, 0.5) is 0 Å². The van der Waals surface area contributed by atoms with E-state index in [1.165, 1.54) is 37.5 Å². The molecular formula is C24H29NO9S. The van der Waals surface area contributed by atoms with Crippen molar-refractivity contribution in [3.05, 3.63) is 65.9 Å². The molecule has 2 N–H and O–H groups in total. The summed E-state index contributed by atoms with van der Waals surface area (Å²) in [5.74, 6) is -0.537. The highest BCUT2D eigenvalue weighted by Crippen LogP contribution is 2.32. The van der Waals surface area contributed by atoms with Gasteiger partial charge in [0.1, 0.15) is 11.5 Å². The summed E-state index contributed by atoms with van der Waals surface area (Å²) in [6.45, 7) is -0.630. The van der Waals surface area contributed by atoms with Crippen LogP contribution in [-0.2, 0) is 24.3 Å². The van der Waals surface area contributed by atoms with E-state index in [2.05, 4.69) is 0 Å². The molecule has 11 heteroatoms. The van der Waals surface area contributed by atoms with Crippen LogP contribution >= 0.6 is 0 Å². The van der Waals surface area contributed by atoms with Gasteiger partial charge < -0.3 is 29.2 Å². The fourth-order valence-corrected chi connectivity index (χ4v) is 5.06. The molecule has 0 amide bonds. The number of hydrogen-bond acceptors (Lipinski definition) is 8. The van der Waals surface area contributed by atoms with Crippen LogP contribution in [0.2, 0.25) is 0 Å². The molecule has 0 fully saturated rings. The molecule has 0 aliphatic carbocycles. The maximum absolute atomic E-state index is 13.0. The number of aliphatic hydroxyl groups is 1. The van der Waals surface area contributed by atoms with E-state index >= 15 is 0 Å². The van der Waals surface area contributed by atoms with Crippen molar-refractivity contribution in [2.45, 2.75) is 23.5 Å². The molecule has 2 atom stereocenters. The van der Waals surface area contributed by atoms with Crippen LogP contribution in [0.3, 0.4) is 0 Å². The van der Waals surface area contributed by atoms with Crippen molar-refractivity contribution in [3.8, 4) is 11.5 Å². The molecule has 0 saturated heterocycles. The van der Waals surface area contributed by atoms with Gasteiger partial charge >= 0.3 is 5.97 Å². The lowest BCUT2D eigenvalue weighted by atomic mass is 9.93. The number of sulfonamides is 1. The van der Waals surface area contributed by atoms with E-state index in [-0.39, 0.29) is 42.9 Å². The second kappa shape index (κ2) is 12.0. The molecule has 1 heterocycles. The van der Waals surface area contributed by atoms with Crippen LogP contribution in [0.1, 0.15) is 17.9 Å². The van der Waals surface area contributed by atoms with E-state index in [0.29, 0.717) is 17.9 Å². The lowest BCUT2D eigenvalue weighted by Crippen LogP contribution is -2.37. The summed E-state index contributed by atoms with van der Waals surface area (Å²) in [6, 6.07) is 13.2. The van der Waals surface area contributed by atoms with Crippen molar-refractivity contribution in [3.63, 3.8) is 0 Å². The van der Waals surface area contributed by atoms with E-state index in [4.69, 9.17) is 18.9 Å². The molecule has 10 nitrogen and oxygen atoms in total. The number of rotatable bonds is 12. The minimum absolute atomic E-state index is 0.0522. The summed E-state index contributed by atoms with van der Waals surface area (Å²) >= 11 is 0. The van der Waals surface area contributed by atoms with Gasteiger partial charge in [-0.3, -0.25) is 0 Å². The Labute approximate surface area is 204 Å². The van der Waals surface area contributed by atoms with Crippen molar-refractivity contribution in [2.75, 3.05) is 40.5 Å². The van der Waals surface area contributed by atoms with E-state index < -0.39 is 22.3 Å². The average Bonchev–Trinajstić information content (AvgIpc) is 2.88. The SMILES string of the molecule is COc1ccc([C@H]2C=C(C(=O)O)O[C@@H](OCCN(CCO)S(=O)(=O)c3ccc(OC)cc3)C2)cc1. The molecule has 0 saturated carbocycles. The van der Waals surface area contributed by atoms with E-state index in [9.17, 15) is 23.4 Å². The Morgan fingerprint density at radius 2 is 1.63 bits per heavy atom. The fourth-order valence-electron chi connectivity index (χ4n) is 3.64. The number of methoxy groups -OCH3 is 2. The topological polar surface area (TPSA) is 132 Å². The second-order valence-corrected chi connectivity index (χ2v) is 9.61. The smallest absolute Gasteiger partial charge is 0.370 e.